The van der Waals surface area contributed by atoms with Gasteiger partial charge < -0.3 is 9.84 Å². The fourth-order valence-electron chi connectivity index (χ4n) is 8.56. The van der Waals surface area contributed by atoms with Gasteiger partial charge in [-0.1, -0.05) is 26.3 Å². The molecule has 6 nitrogen and oxygen atoms in total. The fraction of sp³-hybridized carbons (Fsp3) is 0.643. The molecule has 7 atom stereocenters. The molecule has 1 aromatic rings. The van der Waals surface area contributed by atoms with Crippen molar-refractivity contribution in [3.8, 4) is 0 Å². The van der Waals surface area contributed by atoms with Crippen LogP contribution in [0, 0.1) is 34.5 Å². The Kier molecular flexibility index (Phi) is 5.58. The summed E-state index contributed by atoms with van der Waals surface area (Å²) in [6.07, 6.45) is 10.8. The highest BCUT2D eigenvalue weighted by molar-refractivity contribution is 5.96. The van der Waals surface area contributed by atoms with Crippen LogP contribution in [0.3, 0.4) is 0 Å². The number of fused-ring (bicyclic) bond motifs is 5. The summed E-state index contributed by atoms with van der Waals surface area (Å²) in [4.78, 5) is 42.8. The van der Waals surface area contributed by atoms with E-state index in [0.717, 1.165) is 38.5 Å². The molecule has 1 N–H and O–H groups in total. The van der Waals surface area contributed by atoms with Crippen LogP contribution in [0.5, 0.6) is 0 Å². The van der Waals surface area contributed by atoms with E-state index in [9.17, 15) is 19.5 Å². The van der Waals surface area contributed by atoms with Crippen LogP contribution < -0.4 is 0 Å². The van der Waals surface area contributed by atoms with Crippen LogP contribution in [0.4, 0.5) is 0 Å². The number of carbonyl (C=O) groups is 3. The third-order valence-electron chi connectivity index (χ3n) is 10.2. The Hall–Kier alpha value is -2.34. The summed E-state index contributed by atoms with van der Waals surface area (Å²) in [6.45, 7) is 5.79. The molecule has 4 aliphatic carbocycles. The first-order chi connectivity index (χ1) is 16.2. The van der Waals surface area contributed by atoms with Gasteiger partial charge in [-0.25, -0.2) is 4.79 Å². The van der Waals surface area contributed by atoms with Crippen molar-refractivity contribution in [2.24, 2.45) is 34.5 Å². The van der Waals surface area contributed by atoms with E-state index in [4.69, 9.17) is 4.74 Å². The molecular weight excluding hydrogens is 430 g/mol. The molecule has 4 aliphatic rings. The van der Waals surface area contributed by atoms with Gasteiger partial charge in [0.05, 0.1) is 5.56 Å². The maximum absolute atomic E-state index is 13.5. The minimum absolute atomic E-state index is 0.0278. The number of aliphatic hydroxyl groups is 1. The molecule has 6 heteroatoms. The largest absolute Gasteiger partial charge is 0.446 e. The van der Waals surface area contributed by atoms with Crippen molar-refractivity contribution in [2.45, 2.75) is 71.3 Å². The van der Waals surface area contributed by atoms with Gasteiger partial charge >= 0.3 is 5.97 Å². The van der Waals surface area contributed by atoms with Gasteiger partial charge in [0.15, 0.2) is 11.4 Å². The molecule has 1 heterocycles. The average Bonchev–Trinajstić information content (AvgIpc) is 3.06. The number of allylic oxidation sites excluding steroid dienone is 1. The molecule has 0 aliphatic heterocycles. The number of nitrogens with zero attached hydrogens (tertiary/aromatic N) is 1. The van der Waals surface area contributed by atoms with Gasteiger partial charge in [0.2, 0.25) is 5.78 Å². The van der Waals surface area contributed by atoms with Gasteiger partial charge in [-0.2, -0.15) is 0 Å². The molecular formula is C28H35NO5. The Morgan fingerprint density at radius 3 is 2.68 bits per heavy atom. The minimum Gasteiger partial charge on any atom is -0.446 e. The lowest BCUT2D eigenvalue weighted by Gasteiger charge is -2.59. The third-order valence-corrected chi connectivity index (χ3v) is 10.2. The summed E-state index contributed by atoms with van der Waals surface area (Å²) >= 11 is 0. The van der Waals surface area contributed by atoms with Crippen LogP contribution in [0.2, 0.25) is 0 Å². The number of hydrogen-bond donors (Lipinski definition) is 1. The third kappa shape index (κ3) is 3.10. The van der Waals surface area contributed by atoms with Crippen molar-refractivity contribution < 1.29 is 24.2 Å². The fourth-order valence-corrected chi connectivity index (χ4v) is 8.56. The molecule has 0 radical (unpaired) electrons. The van der Waals surface area contributed by atoms with Gasteiger partial charge in [0, 0.05) is 30.1 Å². The molecule has 5 rings (SSSR count). The molecule has 3 fully saturated rings. The minimum atomic E-state index is -1.36. The number of pyridine rings is 1. The molecule has 182 valence electrons. The summed E-state index contributed by atoms with van der Waals surface area (Å²) in [5.41, 5.74) is -0.259. The number of ether oxygens (including phenoxy) is 1. The Bertz CT molecular complexity index is 1050. The summed E-state index contributed by atoms with van der Waals surface area (Å²) < 4.78 is 6.20. The van der Waals surface area contributed by atoms with Gasteiger partial charge in [0.1, 0.15) is 6.61 Å². The van der Waals surface area contributed by atoms with Crippen LogP contribution in [0.25, 0.3) is 0 Å². The van der Waals surface area contributed by atoms with Crippen LogP contribution in [-0.4, -0.2) is 39.8 Å². The molecule has 0 saturated heterocycles. The highest BCUT2D eigenvalue weighted by Gasteiger charge is 2.71. The Morgan fingerprint density at radius 2 is 1.97 bits per heavy atom. The first-order valence-corrected chi connectivity index (χ1v) is 12.7. The standard InChI is InChI=1S/C28H35NO5/c1-17-13-23-21-7-6-19-14-20(31)8-10-26(19,2)22(21)9-11-27(23,3)28(17,24(32)16-30)34-25(33)18-5-4-12-29-15-18/h4-5,12,14-15,17,21-23,30H,6-11,13,16H2,1-3H3/t17-,21-,22+,23+,26+,27+,28+/m1/s1. The lowest BCUT2D eigenvalue weighted by molar-refractivity contribution is -0.172. The number of aliphatic hydroxyl groups excluding tert-OH is 1. The molecule has 0 spiro atoms. The number of aromatic nitrogens is 1. The van der Waals surface area contributed by atoms with Crippen LogP contribution in [0.15, 0.2) is 36.2 Å². The highest BCUT2D eigenvalue weighted by atomic mass is 16.6. The zero-order valence-corrected chi connectivity index (χ0v) is 20.4. The van der Waals surface area contributed by atoms with Crippen LogP contribution in [0.1, 0.15) is 76.1 Å². The number of esters is 1. The number of rotatable bonds is 4. The molecule has 0 bridgehead atoms. The van der Waals surface area contributed by atoms with Crippen molar-refractivity contribution in [1.29, 1.82) is 0 Å². The summed E-state index contributed by atoms with van der Waals surface area (Å²) in [5.74, 6) is 0.176. The van der Waals surface area contributed by atoms with Crippen LogP contribution in [-0.2, 0) is 14.3 Å². The van der Waals surface area contributed by atoms with Crippen molar-refractivity contribution in [2.75, 3.05) is 6.61 Å². The van der Waals surface area contributed by atoms with Crippen molar-refractivity contribution in [3.05, 3.63) is 41.7 Å². The predicted octanol–water partition coefficient (Wildman–Crippen LogP) is 4.32. The predicted molar refractivity (Wildman–Crippen MR) is 126 cm³/mol. The number of hydrogen-bond acceptors (Lipinski definition) is 6. The summed E-state index contributed by atoms with van der Waals surface area (Å²) in [7, 11) is 0. The lowest BCUT2D eigenvalue weighted by atomic mass is 9.46. The smallest absolute Gasteiger partial charge is 0.340 e. The molecule has 0 amide bonds. The van der Waals surface area contributed by atoms with E-state index in [1.165, 1.54) is 11.8 Å². The normalized spacial score (nSPS) is 41.1. The topological polar surface area (TPSA) is 93.6 Å². The quantitative estimate of drug-likeness (QED) is 0.666. The first kappa shape index (κ1) is 23.4. The van der Waals surface area contributed by atoms with Crippen molar-refractivity contribution in [3.63, 3.8) is 0 Å². The van der Waals surface area contributed by atoms with E-state index in [0.29, 0.717) is 23.8 Å². The molecule has 0 unspecified atom stereocenters. The second-order valence-electron chi connectivity index (χ2n) is 11.5. The number of Topliss-reactive ketones (excluding diaryl/α,β-unsaturated/α-hetero) is 1. The van der Waals surface area contributed by atoms with Gasteiger partial charge in [0.25, 0.3) is 0 Å². The molecule has 0 aromatic carbocycles. The first-order valence-electron chi connectivity index (χ1n) is 12.7. The average molecular weight is 466 g/mol. The van der Waals surface area contributed by atoms with E-state index in [1.807, 2.05) is 13.0 Å². The Balaban J connectivity index is 1.53. The monoisotopic (exact) mass is 465 g/mol. The van der Waals surface area contributed by atoms with E-state index in [1.54, 1.807) is 18.3 Å². The van der Waals surface area contributed by atoms with Crippen molar-refractivity contribution in [1.82, 2.24) is 4.98 Å². The van der Waals surface area contributed by atoms with Gasteiger partial charge in [-0.15, -0.1) is 0 Å². The zero-order valence-electron chi connectivity index (χ0n) is 20.4. The Labute approximate surface area is 201 Å². The van der Waals surface area contributed by atoms with E-state index in [2.05, 4.69) is 18.8 Å². The lowest BCUT2D eigenvalue weighted by Crippen LogP contribution is -2.61. The molecule has 34 heavy (non-hydrogen) atoms. The molecule has 1 aromatic heterocycles. The second-order valence-corrected chi connectivity index (χ2v) is 11.5. The maximum Gasteiger partial charge on any atom is 0.340 e. The van der Waals surface area contributed by atoms with E-state index >= 15 is 0 Å². The summed E-state index contributed by atoms with van der Waals surface area (Å²) in [5, 5.41) is 10.0. The molecule has 3 saturated carbocycles. The van der Waals surface area contributed by atoms with Gasteiger partial charge in [-0.3, -0.25) is 14.6 Å². The zero-order chi connectivity index (χ0) is 24.3. The van der Waals surface area contributed by atoms with Crippen molar-refractivity contribution >= 4 is 17.5 Å². The Morgan fingerprint density at radius 1 is 1.18 bits per heavy atom. The van der Waals surface area contributed by atoms with Crippen LogP contribution >= 0.6 is 0 Å². The van der Waals surface area contributed by atoms with E-state index in [-0.39, 0.29) is 23.0 Å². The van der Waals surface area contributed by atoms with E-state index < -0.39 is 29.4 Å². The summed E-state index contributed by atoms with van der Waals surface area (Å²) in [6, 6.07) is 3.32. The second kappa shape index (κ2) is 8.11. The number of ketones is 2. The number of carbonyl (C=O) groups excluding carboxylic acids is 3. The highest BCUT2D eigenvalue weighted by Crippen LogP contribution is 2.69. The van der Waals surface area contributed by atoms with Gasteiger partial charge in [-0.05, 0) is 79.9 Å². The maximum atomic E-state index is 13.5. The SMILES string of the molecule is C[C@@H]1C[C@H]2[C@@H]3CCC4=CC(=O)CC[C@]4(C)[C@H]3CC[C@]2(C)[C@@]1(OC(=O)c1cccnc1)C(=O)CO.